The SMILES string of the molecule is O=C(NC1CCCCCC1)c1ccc(NCCN2CCOCC2)cn1. The van der Waals surface area contributed by atoms with Crippen LogP contribution in [0.5, 0.6) is 0 Å². The molecule has 2 fully saturated rings. The summed E-state index contributed by atoms with van der Waals surface area (Å²) in [6.45, 7) is 5.52. The number of ether oxygens (including phenoxy) is 1. The van der Waals surface area contributed by atoms with Crippen LogP contribution in [0.25, 0.3) is 0 Å². The second kappa shape index (κ2) is 9.73. The van der Waals surface area contributed by atoms with Crippen molar-refractivity contribution in [1.29, 1.82) is 0 Å². The Morgan fingerprint density at radius 3 is 2.60 bits per heavy atom. The Morgan fingerprint density at radius 2 is 1.92 bits per heavy atom. The van der Waals surface area contributed by atoms with Crippen LogP contribution in [0.1, 0.15) is 49.0 Å². The summed E-state index contributed by atoms with van der Waals surface area (Å²) in [6.07, 6.45) is 8.93. The average Bonchev–Trinajstić information content (AvgIpc) is 2.92. The largest absolute Gasteiger partial charge is 0.383 e. The smallest absolute Gasteiger partial charge is 0.270 e. The van der Waals surface area contributed by atoms with E-state index in [-0.39, 0.29) is 5.91 Å². The number of rotatable bonds is 6. The first-order chi connectivity index (χ1) is 12.3. The van der Waals surface area contributed by atoms with Crippen molar-refractivity contribution in [2.45, 2.75) is 44.6 Å². The van der Waals surface area contributed by atoms with Gasteiger partial charge in [0, 0.05) is 32.2 Å². The summed E-state index contributed by atoms with van der Waals surface area (Å²) < 4.78 is 5.35. The number of carbonyl (C=O) groups is 1. The third kappa shape index (κ3) is 5.97. The molecule has 1 aliphatic carbocycles. The number of anilines is 1. The first-order valence-corrected chi connectivity index (χ1v) is 9.62. The minimum atomic E-state index is -0.0493. The molecule has 2 N–H and O–H groups in total. The molecule has 1 aromatic heterocycles. The fourth-order valence-corrected chi connectivity index (χ4v) is 3.50. The van der Waals surface area contributed by atoms with Crippen LogP contribution in [0.15, 0.2) is 18.3 Å². The molecule has 6 nitrogen and oxygen atoms in total. The molecule has 2 aliphatic rings. The molecule has 1 amide bonds. The second-order valence-electron chi connectivity index (χ2n) is 6.97. The van der Waals surface area contributed by atoms with Crippen LogP contribution in [0.4, 0.5) is 5.69 Å². The summed E-state index contributed by atoms with van der Waals surface area (Å²) >= 11 is 0. The van der Waals surface area contributed by atoms with Crippen molar-refractivity contribution in [3.63, 3.8) is 0 Å². The predicted molar refractivity (Wildman–Crippen MR) is 98.9 cm³/mol. The van der Waals surface area contributed by atoms with E-state index in [0.717, 1.165) is 57.9 Å². The lowest BCUT2D eigenvalue weighted by atomic mass is 10.1. The summed E-state index contributed by atoms with van der Waals surface area (Å²) in [7, 11) is 0. The van der Waals surface area contributed by atoms with E-state index in [1.165, 1.54) is 25.7 Å². The highest BCUT2D eigenvalue weighted by atomic mass is 16.5. The molecule has 0 radical (unpaired) electrons. The molecule has 0 unspecified atom stereocenters. The van der Waals surface area contributed by atoms with Gasteiger partial charge in [0.25, 0.3) is 5.91 Å². The van der Waals surface area contributed by atoms with Crippen LogP contribution in [0.3, 0.4) is 0 Å². The Labute approximate surface area is 150 Å². The maximum atomic E-state index is 12.3. The van der Waals surface area contributed by atoms with Gasteiger partial charge in [-0.05, 0) is 25.0 Å². The Balaban J connectivity index is 1.42. The normalized spacial score (nSPS) is 20.0. The molecular formula is C19H30N4O2. The number of nitrogens with zero attached hydrogens (tertiary/aromatic N) is 2. The van der Waals surface area contributed by atoms with E-state index >= 15 is 0 Å². The zero-order valence-electron chi connectivity index (χ0n) is 15.0. The molecule has 138 valence electrons. The Morgan fingerprint density at radius 1 is 1.16 bits per heavy atom. The summed E-state index contributed by atoms with van der Waals surface area (Å²) in [5.41, 5.74) is 1.46. The average molecular weight is 346 g/mol. The van der Waals surface area contributed by atoms with Crippen molar-refractivity contribution in [3.8, 4) is 0 Å². The van der Waals surface area contributed by atoms with Gasteiger partial charge in [0.1, 0.15) is 5.69 Å². The molecule has 1 aromatic rings. The van der Waals surface area contributed by atoms with Crippen molar-refractivity contribution in [3.05, 3.63) is 24.0 Å². The van der Waals surface area contributed by atoms with Crippen LogP contribution in [0, 0.1) is 0 Å². The molecule has 1 aliphatic heterocycles. The summed E-state index contributed by atoms with van der Waals surface area (Å²) in [4.78, 5) is 19.1. The molecule has 6 heteroatoms. The number of nitrogens with one attached hydrogen (secondary N) is 2. The molecule has 0 bridgehead atoms. The lowest BCUT2D eigenvalue weighted by molar-refractivity contribution is 0.0398. The van der Waals surface area contributed by atoms with Crippen LogP contribution in [-0.4, -0.2) is 61.2 Å². The second-order valence-corrected chi connectivity index (χ2v) is 6.97. The molecule has 1 saturated heterocycles. The van der Waals surface area contributed by atoms with E-state index in [4.69, 9.17) is 4.74 Å². The molecule has 0 aromatic carbocycles. The highest BCUT2D eigenvalue weighted by Gasteiger charge is 2.16. The van der Waals surface area contributed by atoms with E-state index in [1.54, 1.807) is 6.20 Å². The van der Waals surface area contributed by atoms with Crippen molar-refractivity contribution in [2.75, 3.05) is 44.7 Å². The van der Waals surface area contributed by atoms with Gasteiger partial charge in [-0.1, -0.05) is 25.7 Å². The van der Waals surface area contributed by atoms with E-state index in [9.17, 15) is 4.79 Å². The number of hydrogen-bond acceptors (Lipinski definition) is 5. The van der Waals surface area contributed by atoms with Crippen LogP contribution >= 0.6 is 0 Å². The molecule has 2 heterocycles. The Bertz CT molecular complexity index is 521. The van der Waals surface area contributed by atoms with Crippen molar-refractivity contribution in [2.24, 2.45) is 0 Å². The monoisotopic (exact) mass is 346 g/mol. The number of hydrogen-bond donors (Lipinski definition) is 2. The molecule has 0 spiro atoms. The van der Waals surface area contributed by atoms with Gasteiger partial charge in [-0.15, -0.1) is 0 Å². The lowest BCUT2D eigenvalue weighted by Crippen LogP contribution is -2.39. The first kappa shape index (κ1) is 18.1. The number of morpholine rings is 1. The minimum Gasteiger partial charge on any atom is -0.383 e. The Hall–Kier alpha value is -1.66. The first-order valence-electron chi connectivity index (χ1n) is 9.62. The van der Waals surface area contributed by atoms with Gasteiger partial charge in [0.05, 0.1) is 25.1 Å². The fourth-order valence-electron chi connectivity index (χ4n) is 3.50. The van der Waals surface area contributed by atoms with Gasteiger partial charge >= 0.3 is 0 Å². The third-order valence-electron chi connectivity index (χ3n) is 5.05. The highest BCUT2D eigenvalue weighted by Crippen LogP contribution is 2.17. The predicted octanol–water partition coefficient (Wildman–Crippen LogP) is 2.28. The molecule has 25 heavy (non-hydrogen) atoms. The quantitative estimate of drug-likeness (QED) is 0.774. The molecule has 3 rings (SSSR count). The van der Waals surface area contributed by atoms with Gasteiger partial charge in [0.2, 0.25) is 0 Å². The zero-order chi connectivity index (χ0) is 17.3. The molecule has 0 atom stereocenters. The van der Waals surface area contributed by atoms with Crippen molar-refractivity contribution >= 4 is 11.6 Å². The van der Waals surface area contributed by atoms with Gasteiger partial charge in [-0.25, -0.2) is 4.98 Å². The van der Waals surface area contributed by atoms with Crippen LogP contribution < -0.4 is 10.6 Å². The third-order valence-corrected chi connectivity index (χ3v) is 5.05. The van der Waals surface area contributed by atoms with Gasteiger partial charge in [-0.3, -0.25) is 9.69 Å². The number of carbonyl (C=O) groups excluding carboxylic acids is 1. The Kier molecular flexibility index (Phi) is 7.06. The number of amides is 1. The summed E-state index contributed by atoms with van der Waals surface area (Å²) in [6, 6.07) is 4.06. The minimum absolute atomic E-state index is 0.0493. The van der Waals surface area contributed by atoms with Gasteiger partial charge in [-0.2, -0.15) is 0 Å². The fraction of sp³-hybridized carbons (Fsp3) is 0.684. The molecular weight excluding hydrogens is 316 g/mol. The van der Waals surface area contributed by atoms with Crippen molar-refractivity contribution < 1.29 is 9.53 Å². The van der Waals surface area contributed by atoms with Crippen LogP contribution in [0.2, 0.25) is 0 Å². The van der Waals surface area contributed by atoms with E-state index < -0.39 is 0 Å². The van der Waals surface area contributed by atoms with E-state index in [2.05, 4.69) is 20.5 Å². The summed E-state index contributed by atoms with van der Waals surface area (Å²) in [5, 5.41) is 6.51. The molecule has 1 saturated carbocycles. The lowest BCUT2D eigenvalue weighted by Gasteiger charge is -2.26. The standard InChI is InChI=1S/C19H30N4O2/c24-19(22-16-5-3-1-2-4-6-16)18-8-7-17(15-21-18)20-9-10-23-11-13-25-14-12-23/h7-8,15-16,20H,1-6,9-14H2,(H,22,24). The number of aromatic nitrogens is 1. The van der Waals surface area contributed by atoms with Crippen molar-refractivity contribution in [1.82, 2.24) is 15.2 Å². The summed E-state index contributed by atoms with van der Waals surface area (Å²) in [5.74, 6) is -0.0493. The number of pyridine rings is 1. The van der Waals surface area contributed by atoms with E-state index in [0.29, 0.717) is 11.7 Å². The highest BCUT2D eigenvalue weighted by molar-refractivity contribution is 5.92. The van der Waals surface area contributed by atoms with E-state index in [1.807, 2.05) is 12.1 Å². The topological polar surface area (TPSA) is 66.5 Å². The van der Waals surface area contributed by atoms with Crippen LogP contribution in [-0.2, 0) is 4.74 Å². The van der Waals surface area contributed by atoms with Gasteiger partial charge < -0.3 is 15.4 Å². The zero-order valence-corrected chi connectivity index (χ0v) is 15.0. The maximum absolute atomic E-state index is 12.3. The maximum Gasteiger partial charge on any atom is 0.270 e. The van der Waals surface area contributed by atoms with Gasteiger partial charge in [0.15, 0.2) is 0 Å².